The maximum absolute atomic E-state index is 12.2. The third-order valence-electron chi connectivity index (χ3n) is 4.57. The van der Waals surface area contributed by atoms with Crippen LogP contribution in [0.5, 0.6) is 11.5 Å². The standard InChI is InChI=1S/C22H33N5O4/c1-22(2,3)27-19(28)14-25-21(24-10-9-23-20(29)15-5-6-15)26-16-7-8-17-18(13-16)31-12-4-11-30-17/h7-8,13,15H,4-6,9-12,14H2,1-3H3,(H,23,29)(H,27,28)(H2,24,25,26). The van der Waals surface area contributed by atoms with Crippen LogP contribution in [0.4, 0.5) is 5.69 Å². The molecule has 0 saturated heterocycles. The van der Waals surface area contributed by atoms with Gasteiger partial charge in [0.05, 0.1) is 13.2 Å². The van der Waals surface area contributed by atoms with Crippen LogP contribution in [0, 0.1) is 5.92 Å². The first-order valence-electron chi connectivity index (χ1n) is 10.8. The number of nitrogens with zero attached hydrogens (tertiary/aromatic N) is 1. The van der Waals surface area contributed by atoms with Crippen molar-refractivity contribution in [1.82, 2.24) is 16.0 Å². The highest BCUT2D eigenvalue weighted by molar-refractivity contribution is 5.95. The topological polar surface area (TPSA) is 113 Å². The van der Waals surface area contributed by atoms with Gasteiger partial charge in [0.2, 0.25) is 11.8 Å². The van der Waals surface area contributed by atoms with E-state index in [-0.39, 0.29) is 29.8 Å². The van der Waals surface area contributed by atoms with E-state index in [9.17, 15) is 9.59 Å². The van der Waals surface area contributed by atoms with Crippen molar-refractivity contribution >= 4 is 23.5 Å². The van der Waals surface area contributed by atoms with Crippen LogP contribution in [-0.2, 0) is 9.59 Å². The average Bonchev–Trinajstić information content (AvgIpc) is 3.54. The predicted octanol–water partition coefficient (Wildman–Crippen LogP) is 1.65. The van der Waals surface area contributed by atoms with E-state index in [1.54, 1.807) is 0 Å². The molecule has 0 radical (unpaired) electrons. The van der Waals surface area contributed by atoms with Crippen LogP contribution in [-0.4, -0.2) is 56.2 Å². The van der Waals surface area contributed by atoms with E-state index in [4.69, 9.17) is 9.47 Å². The summed E-state index contributed by atoms with van der Waals surface area (Å²) in [4.78, 5) is 28.4. The Morgan fingerprint density at radius 1 is 1.06 bits per heavy atom. The summed E-state index contributed by atoms with van der Waals surface area (Å²) >= 11 is 0. The van der Waals surface area contributed by atoms with Crippen molar-refractivity contribution in [1.29, 1.82) is 0 Å². The Morgan fingerprint density at radius 2 is 1.77 bits per heavy atom. The SMILES string of the molecule is CC(C)(C)NC(=O)CN=C(NCCNC(=O)C1CC1)Nc1ccc2c(c1)OCCCO2. The Morgan fingerprint density at radius 3 is 2.48 bits per heavy atom. The molecule has 9 nitrogen and oxygen atoms in total. The Bertz CT molecular complexity index is 815. The highest BCUT2D eigenvalue weighted by Crippen LogP contribution is 2.32. The molecular weight excluding hydrogens is 398 g/mol. The van der Waals surface area contributed by atoms with E-state index in [2.05, 4.69) is 26.3 Å². The molecule has 0 spiro atoms. The highest BCUT2D eigenvalue weighted by Gasteiger charge is 2.29. The van der Waals surface area contributed by atoms with Crippen LogP contribution in [0.15, 0.2) is 23.2 Å². The van der Waals surface area contributed by atoms with Gasteiger partial charge in [-0.3, -0.25) is 9.59 Å². The van der Waals surface area contributed by atoms with Gasteiger partial charge in [-0.1, -0.05) is 0 Å². The summed E-state index contributed by atoms with van der Waals surface area (Å²) in [6.07, 6.45) is 2.78. The fourth-order valence-corrected chi connectivity index (χ4v) is 2.98. The number of hydrogen-bond acceptors (Lipinski definition) is 5. The highest BCUT2D eigenvalue weighted by atomic mass is 16.5. The van der Waals surface area contributed by atoms with E-state index in [0.717, 1.165) is 24.9 Å². The summed E-state index contributed by atoms with van der Waals surface area (Å²) in [5.41, 5.74) is 0.434. The molecule has 0 atom stereocenters. The Kier molecular flexibility index (Phi) is 7.59. The van der Waals surface area contributed by atoms with Gasteiger partial charge in [0, 0.05) is 42.7 Å². The monoisotopic (exact) mass is 431 g/mol. The fourth-order valence-electron chi connectivity index (χ4n) is 2.98. The zero-order valence-electron chi connectivity index (χ0n) is 18.5. The Hall–Kier alpha value is -2.97. The molecule has 0 bridgehead atoms. The lowest BCUT2D eigenvalue weighted by molar-refractivity contribution is -0.122. The number of carbonyl (C=O) groups is 2. The minimum absolute atomic E-state index is 0.0222. The second-order valence-corrected chi connectivity index (χ2v) is 8.79. The zero-order chi connectivity index (χ0) is 22.3. The van der Waals surface area contributed by atoms with Crippen LogP contribution >= 0.6 is 0 Å². The van der Waals surface area contributed by atoms with E-state index >= 15 is 0 Å². The lowest BCUT2D eigenvalue weighted by Gasteiger charge is -2.20. The number of amides is 2. The third kappa shape index (κ3) is 7.99. The van der Waals surface area contributed by atoms with Crippen LogP contribution in [0.1, 0.15) is 40.0 Å². The summed E-state index contributed by atoms with van der Waals surface area (Å²) < 4.78 is 11.4. The molecule has 1 fully saturated rings. The fraction of sp³-hybridized carbons (Fsp3) is 0.591. The van der Waals surface area contributed by atoms with Gasteiger partial charge in [-0.25, -0.2) is 4.99 Å². The number of rotatable bonds is 7. The largest absolute Gasteiger partial charge is 0.490 e. The van der Waals surface area contributed by atoms with Crippen LogP contribution in [0.25, 0.3) is 0 Å². The average molecular weight is 432 g/mol. The molecule has 1 aromatic carbocycles. The van der Waals surface area contributed by atoms with Gasteiger partial charge in [0.25, 0.3) is 0 Å². The predicted molar refractivity (Wildman–Crippen MR) is 120 cm³/mol. The van der Waals surface area contributed by atoms with Crippen molar-refractivity contribution in [2.75, 3.05) is 38.2 Å². The smallest absolute Gasteiger partial charge is 0.242 e. The van der Waals surface area contributed by atoms with Gasteiger partial charge in [-0.15, -0.1) is 0 Å². The Labute approximate surface area is 183 Å². The lowest BCUT2D eigenvalue weighted by atomic mass is 10.1. The molecule has 2 aliphatic rings. The van der Waals surface area contributed by atoms with Crippen molar-refractivity contribution in [3.05, 3.63) is 18.2 Å². The molecule has 1 saturated carbocycles. The van der Waals surface area contributed by atoms with Crippen molar-refractivity contribution in [3.8, 4) is 11.5 Å². The molecule has 1 heterocycles. The van der Waals surface area contributed by atoms with E-state index in [1.807, 2.05) is 39.0 Å². The number of carbonyl (C=O) groups excluding carboxylic acids is 2. The molecule has 2 amide bonds. The quantitative estimate of drug-likeness (QED) is 0.297. The van der Waals surface area contributed by atoms with Crippen molar-refractivity contribution in [3.63, 3.8) is 0 Å². The lowest BCUT2D eigenvalue weighted by Crippen LogP contribution is -2.43. The second kappa shape index (κ2) is 10.4. The van der Waals surface area contributed by atoms with E-state index in [1.165, 1.54) is 0 Å². The minimum Gasteiger partial charge on any atom is -0.490 e. The van der Waals surface area contributed by atoms with E-state index < -0.39 is 0 Å². The molecule has 31 heavy (non-hydrogen) atoms. The zero-order valence-corrected chi connectivity index (χ0v) is 18.5. The molecule has 1 aliphatic carbocycles. The van der Waals surface area contributed by atoms with Gasteiger partial charge in [0.1, 0.15) is 6.54 Å². The second-order valence-electron chi connectivity index (χ2n) is 8.79. The maximum atomic E-state index is 12.2. The van der Waals surface area contributed by atoms with Crippen molar-refractivity contribution < 1.29 is 19.1 Å². The molecule has 1 aromatic rings. The summed E-state index contributed by atoms with van der Waals surface area (Å²) in [7, 11) is 0. The Balaban J connectivity index is 1.61. The molecule has 3 rings (SSSR count). The number of guanidine groups is 1. The van der Waals surface area contributed by atoms with Crippen LogP contribution < -0.4 is 30.7 Å². The minimum atomic E-state index is -0.324. The van der Waals surface area contributed by atoms with Crippen molar-refractivity contribution in [2.45, 2.75) is 45.6 Å². The maximum Gasteiger partial charge on any atom is 0.242 e. The normalized spacial score (nSPS) is 16.2. The summed E-state index contributed by atoms with van der Waals surface area (Å²) in [6, 6.07) is 5.57. The summed E-state index contributed by atoms with van der Waals surface area (Å²) in [5, 5.41) is 12.2. The van der Waals surface area contributed by atoms with Gasteiger partial charge in [0.15, 0.2) is 17.5 Å². The van der Waals surface area contributed by atoms with Crippen LogP contribution in [0.3, 0.4) is 0 Å². The number of nitrogens with one attached hydrogen (secondary N) is 4. The van der Waals surface area contributed by atoms with Crippen LogP contribution in [0.2, 0.25) is 0 Å². The number of aliphatic imine (C=N–C) groups is 1. The van der Waals surface area contributed by atoms with Crippen molar-refractivity contribution in [2.24, 2.45) is 10.9 Å². The molecule has 170 valence electrons. The number of hydrogen-bond donors (Lipinski definition) is 4. The molecular formula is C22H33N5O4. The number of anilines is 1. The first-order chi connectivity index (χ1) is 14.8. The molecule has 0 unspecified atom stereocenters. The van der Waals surface area contributed by atoms with Gasteiger partial charge < -0.3 is 30.7 Å². The first-order valence-corrected chi connectivity index (χ1v) is 10.8. The third-order valence-corrected chi connectivity index (χ3v) is 4.57. The van der Waals surface area contributed by atoms with E-state index in [0.29, 0.717) is 43.8 Å². The van der Waals surface area contributed by atoms with Gasteiger partial charge >= 0.3 is 0 Å². The first kappa shape index (κ1) is 22.7. The molecule has 9 heteroatoms. The van der Waals surface area contributed by atoms with Gasteiger partial charge in [-0.2, -0.15) is 0 Å². The number of fused-ring (bicyclic) bond motifs is 1. The number of ether oxygens (including phenoxy) is 2. The molecule has 4 N–H and O–H groups in total. The summed E-state index contributed by atoms with van der Waals surface area (Å²) in [5.74, 6) is 1.93. The summed E-state index contributed by atoms with van der Waals surface area (Å²) in [6.45, 7) is 7.94. The molecule has 0 aromatic heterocycles. The number of benzene rings is 1. The molecule has 1 aliphatic heterocycles. The van der Waals surface area contributed by atoms with Gasteiger partial charge in [-0.05, 0) is 45.7 Å².